The topological polar surface area (TPSA) is 58.6 Å². The van der Waals surface area contributed by atoms with Crippen molar-refractivity contribution in [2.45, 2.75) is 25.6 Å². The molecule has 5 heteroatoms. The summed E-state index contributed by atoms with van der Waals surface area (Å²) in [7, 11) is 0. The van der Waals surface area contributed by atoms with Crippen molar-refractivity contribution in [1.29, 1.82) is 0 Å². The van der Waals surface area contributed by atoms with Crippen molar-refractivity contribution in [1.82, 2.24) is 5.32 Å². The summed E-state index contributed by atoms with van der Waals surface area (Å²) in [6.07, 6.45) is -0.0341. The lowest BCUT2D eigenvalue weighted by Gasteiger charge is -2.39. The molecule has 1 aliphatic heterocycles. The van der Waals surface area contributed by atoms with E-state index < -0.39 is 11.6 Å². The fourth-order valence-corrected chi connectivity index (χ4v) is 1.09. The first-order valence-electron chi connectivity index (χ1n) is 3.69. The van der Waals surface area contributed by atoms with Gasteiger partial charge in [0.1, 0.15) is 0 Å². The third kappa shape index (κ3) is 2.09. The maximum atomic E-state index is 10.7. The third-order valence-electron chi connectivity index (χ3n) is 1.67. The molecular weight excluding hydrogens is 182 g/mol. The van der Waals surface area contributed by atoms with E-state index in [2.05, 4.69) is 5.32 Å². The van der Waals surface area contributed by atoms with E-state index in [4.69, 9.17) is 9.84 Å². The molecule has 2 N–H and O–H groups in total. The van der Waals surface area contributed by atoms with Gasteiger partial charge in [0.05, 0.1) is 6.10 Å². The second-order valence-electron chi connectivity index (χ2n) is 3.07. The number of rotatable bonds is 3. The van der Waals surface area contributed by atoms with Crippen LogP contribution in [0.1, 0.15) is 13.8 Å². The molecule has 72 valence electrons. The first-order chi connectivity index (χ1) is 5.07. The van der Waals surface area contributed by atoms with Crippen LogP contribution in [0.2, 0.25) is 0 Å². The van der Waals surface area contributed by atoms with Gasteiger partial charge in [-0.25, -0.2) is 4.79 Å². The second-order valence-corrected chi connectivity index (χ2v) is 3.07. The monoisotopic (exact) mass is 195 g/mol. The number of carbonyl (C=O) groups is 1. The molecule has 12 heavy (non-hydrogen) atoms. The zero-order valence-electron chi connectivity index (χ0n) is 7.16. The molecule has 1 heterocycles. The first kappa shape index (κ1) is 11.7. The highest BCUT2D eigenvalue weighted by Gasteiger charge is 2.46. The Balaban J connectivity index is 0.00000121. The van der Waals surface area contributed by atoms with Crippen LogP contribution in [-0.2, 0) is 9.53 Å². The molecule has 0 aromatic carbocycles. The van der Waals surface area contributed by atoms with Gasteiger partial charge in [0.2, 0.25) is 0 Å². The van der Waals surface area contributed by atoms with Crippen molar-refractivity contribution in [3.8, 4) is 0 Å². The highest BCUT2D eigenvalue weighted by atomic mass is 35.5. The molecule has 1 aliphatic rings. The summed E-state index contributed by atoms with van der Waals surface area (Å²) >= 11 is 0. The van der Waals surface area contributed by atoms with Gasteiger partial charge in [-0.05, 0) is 13.8 Å². The van der Waals surface area contributed by atoms with Crippen LogP contribution in [0.5, 0.6) is 0 Å². The molecule has 1 saturated heterocycles. The van der Waals surface area contributed by atoms with Crippen LogP contribution in [-0.4, -0.2) is 35.9 Å². The Morgan fingerprint density at radius 1 is 1.58 bits per heavy atom. The molecule has 0 aliphatic carbocycles. The average Bonchev–Trinajstić information content (AvgIpc) is 1.77. The fourth-order valence-electron chi connectivity index (χ4n) is 1.09. The van der Waals surface area contributed by atoms with Crippen LogP contribution in [0.3, 0.4) is 0 Å². The summed E-state index contributed by atoms with van der Waals surface area (Å²) in [5, 5.41) is 11.7. The second kappa shape index (κ2) is 4.07. The van der Waals surface area contributed by atoms with Crippen molar-refractivity contribution in [2.75, 3.05) is 13.1 Å². The van der Waals surface area contributed by atoms with Crippen molar-refractivity contribution >= 4 is 18.4 Å². The number of carboxylic acids is 1. The van der Waals surface area contributed by atoms with E-state index in [-0.39, 0.29) is 18.5 Å². The van der Waals surface area contributed by atoms with Crippen LogP contribution >= 0.6 is 12.4 Å². The molecule has 0 amide bonds. The molecule has 0 atom stereocenters. The Hall–Kier alpha value is -0.320. The molecule has 1 rings (SSSR count). The lowest BCUT2D eigenvalue weighted by atomic mass is 9.97. The minimum Gasteiger partial charge on any atom is -0.479 e. The summed E-state index contributed by atoms with van der Waals surface area (Å²) in [5.41, 5.74) is -0.950. The molecule has 0 radical (unpaired) electrons. The van der Waals surface area contributed by atoms with E-state index >= 15 is 0 Å². The lowest BCUT2D eigenvalue weighted by Crippen LogP contribution is -2.66. The number of nitrogens with one attached hydrogen (secondary N) is 1. The zero-order chi connectivity index (χ0) is 8.48. The number of hydrogen-bond acceptors (Lipinski definition) is 3. The molecule has 0 aromatic rings. The minimum absolute atomic E-state index is 0. The Kier molecular flexibility index (Phi) is 3.96. The zero-order valence-corrected chi connectivity index (χ0v) is 7.98. The Labute approximate surface area is 77.7 Å². The van der Waals surface area contributed by atoms with Crippen molar-refractivity contribution in [3.05, 3.63) is 0 Å². The number of hydrogen-bond donors (Lipinski definition) is 2. The van der Waals surface area contributed by atoms with Gasteiger partial charge in [-0.2, -0.15) is 0 Å². The summed E-state index contributed by atoms with van der Waals surface area (Å²) in [5.74, 6) is -0.870. The first-order valence-corrected chi connectivity index (χ1v) is 3.69. The fraction of sp³-hybridized carbons (Fsp3) is 0.857. The van der Waals surface area contributed by atoms with Gasteiger partial charge in [-0.15, -0.1) is 12.4 Å². The summed E-state index contributed by atoms with van der Waals surface area (Å²) in [6.45, 7) is 4.51. The maximum Gasteiger partial charge on any atom is 0.338 e. The van der Waals surface area contributed by atoms with E-state index in [1.54, 1.807) is 0 Å². The van der Waals surface area contributed by atoms with E-state index in [1.807, 2.05) is 13.8 Å². The maximum absolute atomic E-state index is 10.7. The molecule has 0 spiro atoms. The number of carboxylic acid groups (broad SMARTS) is 1. The largest absolute Gasteiger partial charge is 0.479 e. The van der Waals surface area contributed by atoms with Gasteiger partial charge in [0.15, 0.2) is 5.60 Å². The van der Waals surface area contributed by atoms with E-state index in [0.29, 0.717) is 13.1 Å². The number of aliphatic carboxylic acids is 1. The van der Waals surface area contributed by atoms with Gasteiger partial charge >= 0.3 is 5.97 Å². The number of ether oxygens (including phenoxy) is 1. The lowest BCUT2D eigenvalue weighted by molar-refractivity contribution is -0.180. The molecule has 0 saturated carbocycles. The van der Waals surface area contributed by atoms with Gasteiger partial charge in [0.25, 0.3) is 0 Å². The van der Waals surface area contributed by atoms with Crippen LogP contribution in [0.15, 0.2) is 0 Å². The molecule has 0 aromatic heterocycles. The highest BCUT2D eigenvalue weighted by Crippen LogP contribution is 2.18. The van der Waals surface area contributed by atoms with Gasteiger partial charge in [0, 0.05) is 13.1 Å². The summed E-state index contributed by atoms with van der Waals surface area (Å²) in [6, 6.07) is 0. The van der Waals surface area contributed by atoms with E-state index in [1.165, 1.54) is 0 Å². The molecular formula is C7H14ClNO3. The van der Waals surface area contributed by atoms with Gasteiger partial charge < -0.3 is 15.2 Å². The predicted octanol–water partition coefficient (Wildman–Crippen LogP) is 0.260. The van der Waals surface area contributed by atoms with Crippen molar-refractivity contribution in [2.24, 2.45) is 0 Å². The normalized spacial score (nSPS) is 19.6. The highest BCUT2D eigenvalue weighted by molar-refractivity contribution is 5.85. The quantitative estimate of drug-likeness (QED) is 0.679. The third-order valence-corrected chi connectivity index (χ3v) is 1.67. The van der Waals surface area contributed by atoms with Crippen LogP contribution in [0, 0.1) is 0 Å². The minimum atomic E-state index is -0.950. The standard InChI is InChI=1S/C7H13NO3.ClH/c1-5(2)11-7(6(9)10)3-8-4-7;/h5,8H,3-4H2,1-2H3,(H,9,10);1H. The molecule has 0 unspecified atom stereocenters. The SMILES string of the molecule is CC(C)OC1(C(=O)O)CNC1.Cl. The van der Waals surface area contributed by atoms with Gasteiger partial charge in [-0.1, -0.05) is 0 Å². The Bertz CT molecular complexity index is 168. The molecule has 4 nitrogen and oxygen atoms in total. The average molecular weight is 196 g/mol. The van der Waals surface area contributed by atoms with Crippen molar-refractivity contribution < 1.29 is 14.6 Å². The summed E-state index contributed by atoms with van der Waals surface area (Å²) < 4.78 is 5.27. The van der Waals surface area contributed by atoms with Crippen LogP contribution in [0.4, 0.5) is 0 Å². The number of halogens is 1. The smallest absolute Gasteiger partial charge is 0.338 e. The summed E-state index contributed by atoms with van der Waals surface area (Å²) in [4.78, 5) is 10.7. The molecule has 1 fully saturated rings. The Morgan fingerprint density at radius 3 is 2.17 bits per heavy atom. The van der Waals surface area contributed by atoms with Crippen LogP contribution < -0.4 is 5.32 Å². The van der Waals surface area contributed by atoms with Crippen molar-refractivity contribution in [3.63, 3.8) is 0 Å². The van der Waals surface area contributed by atoms with E-state index in [9.17, 15) is 4.79 Å². The molecule has 0 bridgehead atoms. The van der Waals surface area contributed by atoms with E-state index in [0.717, 1.165) is 0 Å². The van der Waals surface area contributed by atoms with Crippen LogP contribution in [0.25, 0.3) is 0 Å². The Morgan fingerprint density at radius 2 is 2.08 bits per heavy atom. The van der Waals surface area contributed by atoms with Gasteiger partial charge in [-0.3, -0.25) is 0 Å². The predicted molar refractivity (Wildman–Crippen MR) is 46.7 cm³/mol.